The van der Waals surface area contributed by atoms with Crippen LogP contribution in [0.25, 0.3) is 0 Å². The van der Waals surface area contributed by atoms with E-state index in [9.17, 15) is 4.39 Å². The van der Waals surface area contributed by atoms with Crippen molar-refractivity contribution < 1.29 is 4.39 Å². The Kier molecular flexibility index (Phi) is 4.36. The van der Waals surface area contributed by atoms with E-state index < -0.39 is 12.2 Å². The molecule has 2 nitrogen and oxygen atoms in total. The Labute approximate surface area is 152 Å². The molecule has 1 aromatic heterocycles. The minimum atomic E-state index is -0.669. The first kappa shape index (κ1) is 16.3. The number of aromatic nitrogens is 2. The van der Waals surface area contributed by atoms with Crippen LogP contribution in [0.1, 0.15) is 22.4 Å². The first-order valence-electron chi connectivity index (χ1n) is 8.63. The molecule has 1 heterocycles. The van der Waals surface area contributed by atoms with E-state index in [0.29, 0.717) is 5.69 Å². The molecule has 4 aromatic rings. The predicted molar refractivity (Wildman–Crippen MR) is 102 cm³/mol. The zero-order valence-electron chi connectivity index (χ0n) is 14.3. The van der Waals surface area contributed by atoms with Gasteiger partial charge in [-0.25, -0.2) is 4.39 Å². The van der Waals surface area contributed by atoms with Gasteiger partial charge >= 0.3 is 0 Å². The lowest BCUT2D eigenvalue weighted by atomic mass is 9.77. The molecule has 0 fully saturated rings. The Balaban J connectivity index is 2.10. The van der Waals surface area contributed by atoms with E-state index in [1.807, 2.05) is 65.5 Å². The highest BCUT2D eigenvalue weighted by Gasteiger charge is 2.39. The average molecular weight is 342 g/mol. The van der Waals surface area contributed by atoms with Gasteiger partial charge in [-0.15, -0.1) is 0 Å². The summed E-state index contributed by atoms with van der Waals surface area (Å²) >= 11 is 0. The van der Waals surface area contributed by atoms with Crippen LogP contribution in [0.5, 0.6) is 0 Å². The van der Waals surface area contributed by atoms with Crippen molar-refractivity contribution in [2.24, 2.45) is 0 Å². The number of hydrogen-bond acceptors (Lipinski definition) is 1. The zero-order chi connectivity index (χ0) is 17.8. The molecule has 0 N–H and O–H groups in total. The van der Waals surface area contributed by atoms with Gasteiger partial charge in [0, 0.05) is 6.20 Å². The maximum atomic E-state index is 13.3. The van der Waals surface area contributed by atoms with Gasteiger partial charge in [-0.3, -0.25) is 4.68 Å². The smallest absolute Gasteiger partial charge is 0.138 e. The third-order valence-electron chi connectivity index (χ3n) is 4.70. The van der Waals surface area contributed by atoms with Gasteiger partial charge in [-0.2, -0.15) is 5.10 Å². The molecule has 0 aliphatic carbocycles. The van der Waals surface area contributed by atoms with E-state index in [-0.39, 0.29) is 0 Å². The van der Waals surface area contributed by atoms with Gasteiger partial charge in [0.15, 0.2) is 0 Å². The largest absolute Gasteiger partial charge is 0.253 e. The van der Waals surface area contributed by atoms with E-state index in [1.54, 1.807) is 6.07 Å². The molecule has 3 aromatic carbocycles. The minimum Gasteiger partial charge on any atom is -0.253 e. The first-order valence-corrected chi connectivity index (χ1v) is 8.63. The lowest BCUT2D eigenvalue weighted by Gasteiger charge is -2.36. The summed E-state index contributed by atoms with van der Waals surface area (Å²) < 4.78 is 15.1. The zero-order valence-corrected chi connectivity index (χ0v) is 14.3. The van der Waals surface area contributed by atoms with Gasteiger partial charge in [-0.05, 0) is 22.8 Å². The topological polar surface area (TPSA) is 17.8 Å². The molecule has 0 amide bonds. The SMILES string of the molecule is FCc1ccn(C(c2ccccc2)(c2ccccc2)c2ccccc2)n1. The number of hydrogen-bond donors (Lipinski definition) is 0. The quantitative estimate of drug-likeness (QED) is 0.456. The molecule has 0 aliphatic rings. The first-order chi connectivity index (χ1) is 12.9. The summed E-state index contributed by atoms with van der Waals surface area (Å²) in [5.41, 5.74) is 2.98. The maximum Gasteiger partial charge on any atom is 0.138 e. The van der Waals surface area contributed by atoms with Crippen molar-refractivity contribution in [1.82, 2.24) is 9.78 Å². The van der Waals surface area contributed by atoms with E-state index in [2.05, 4.69) is 41.5 Å². The molecule has 3 heteroatoms. The highest BCUT2D eigenvalue weighted by Crippen LogP contribution is 2.40. The molecule has 128 valence electrons. The number of alkyl halides is 1. The summed E-state index contributed by atoms with van der Waals surface area (Å²) in [5, 5.41) is 4.57. The number of nitrogens with zero attached hydrogens (tertiary/aromatic N) is 2. The number of halogens is 1. The molecule has 0 spiro atoms. The summed E-state index contributed by atoms with van der Waals surface area (Å²) in [6.45, 7) is -0.582. The summed E-state index contributed by atoms with van der Waals surface area (Å²) in [6.07, 6.45) is 1.86. The van der Waals surface area contributed by atoms with Crippen LogP contribution in [0.3, 0.4) is 0 Å². The Bertz CT molecular complexity index is 866. The average Bonchev–Trinajstić information content (AvgIpc) is 3.21. The fourth-order valence-corrected chi connectivity index (χ4v) is 3.55. The minimum absolute atomic E-state index is 0.428. The van der Waals surface area contributed by atoms with Crippen LogP contribution in [0.2, 0.25) is 0 Å². The Hall–Kier alpha value is -3.20. The molecular formula is C23H19FN2. The fraction of sp³-hybridized carbons (Fsp3) is 0.0870. The second kappa shape index (κ2) is 6.96. The number of benzene rings is 3. The van der Waals surface area contributed by atoms with Crippen LogP contribution in [0.4, 0.5) is 4.39 Å². The molecule has 0 saturated heterocycles. The third-order valence-corrected chi connectivity index (χ3v) is 4.70. The van der Waals surface area contributed by atoms with Crippen molar-refractivity contribution in [3.05, 3.63) is 126 Å². The molecule has 0 atom stereocenters. The van der Waals surface area contributed by atoms with Crippen molar-refractivity contribution in [2.75, 3.05) is 0 Å². The molecule has 0 unspecified atom stereocenters. The molecule has 0 bridgehead atoms. The van der Waals surface area contributed by atoms with Crippen LogP contribution < -0.4 is 0 Å². The Morgan fingerprint density at radius 1 is 0.654 bits per heavy atom. The molecule has 4 rings (SSSR count). The molecule has 0 saturated carbocycles. The lowest BCUT2D eigenvalue weighted by molar-refractivity contribution is 0.431. The molecule has 0 aliphatic heterocycles. The highest BCUT2D eigenvalue weighted by atomic mass is 19.1. The highest BCUT2D eigenvalue weighted by molar-refractivity contribution is 5.50. The van der Waals surface area contributed by atoms with Gasteiger partial charge in [0.1, 0.15) is 12.2 Å². The van der Waals surface area contributed by atoms with Crippen LogP contribution >= 0.6 is 0 Å². The summed E-state index contributed by atoms with van der Waals surface area (Å²) in [5.74, 6) is 0. The maximum absolute atomic E-state index is 13.3. The lowest BCUT2D eigenvalue weighted by Crippen LogP contribution is -2.38. The molecular weight excluding hydrogens is 323 g/mol. The van der Waals surface area contributed by atoms with Crippen LogP contribution in [-0.2, 0) is 12.2 Å². The van der Waals surface area contributed by atoms with Crippen LogP contribution in [0.15, 0.2) is 103 Å². The van der Waals surface area contributed by atoms with Gasteiger partial charge < -0.3 is 0 Å². The van der Waals surface area contributed by atoms with Crippen molar-refractivity contribution in [3.63, 3.8) is 0 Å². The fourth-order valence-electron chi connectivity index (χ4n) is 3.55. The summed E-state index contributed by atoms with van der Waals surface area (Å²) in [6, 6.07) is 32.4. The predicted octanol–water partition coefficient (Wildman–Crippen LogP) is 5.19. The summed E-state index contributed by atoms with van der Waals surface area (Å²) in [4.78, 5) is 0. The molecule has 0 radical (unpaired) electrons. The van der Waals surface area contributed by atoms with E-state index in [1.165, 1.54) is 0 Å². The number of rotatable bonds is 5. The third kappa shape index (κ3) is 2.62. The normalized spacial score (nSPS) is 11.4. The van der Waals surface area contributed by atoms with Crippen LogP contribution in [-0.4, -0.2) is 9.78 Å². The van der Waals surface area contributed by atoms with Crippen molar-refractivity contribution in [3.8, 4) is 0 Å². The molecule has 26 heavy (non-hydrogen) atoms. The van der Waals surface area contributed by atoms with E-state index in [0.717, 1.165) is 16.7 Å². The van der Waals surface area contributed by atoms with Crippen molar-refractivity contribution in [1.29, 1.82) is 0 Å². The summed E-state index contributed by atoms with van der Waals surface area (Å²) in [7, 11) is 0. The van der Waals surface area contributed by atoms with Gasteiger partial charge in [0.25, 0.3) is 0 Å². The van der Waals surface area contributed by atoms with Gasteiger partial charge in [-0.1, -0.05) is 91.0 Å². The Morgan fingerprint density at radius 3 is 1.42 bits per heavy atom. The van der Waals surface area contributed by atoms with Crippen molar-refractivity contribution in [2.45, 2.75) is 12.2 Å². The van der Waals surface area contributed by atoms with E-state index >= 15 is 0 Å². The monoisotopic (exact) mass is 342 g/mol. The van der Waals surface area contributed by atoms with Gasteiger partial charge in [0.2, 0.25) is 0 Å². The second-order valence-electron chi connectivity index (χ2n) is 6.19. The van der Waals surface area contributed by atoms with Crippen molar-refractivity contribution >= 4 is 0 Å². The van der Waals surface area contributed by atoms with Crippen LogP contribution in [0, 0.1) is 0 Å². The van der Waals surface area contributed by atoms with Gasteiger partial charge in [0.05, 0.1) is 5.69 Å². The standard InChI is InChI=1S/C23H19FN2/c24-18-22-16-17-26(25-22)23(19-10-4-1-5-11-19,20-12-6-2-7-13-20)21-14-8-3-9-15-21/h1-17H,18H2. The second-order valence-corrected chi connectivity index (χ2v) is 6.19. The Morgan fingerprint density at radius 2 is 1.08 bits per heavy atom. The van der Waals surface area contributed by atoms with E-state index in [4.69, 9.17) is 0 Å².